The van der Waals surface area contributed by atoms with Gasteiger partial charge in [0.05, 0.1) is 5.69 Å². The van der Waals surface area contributed by atoms with Gasteiger partial charge in [-0.2, -0.15) is 0 Å². The van der Waals surface area contributed by atoms with Crippen LogP contribution in [0, 0.1) is 0 Å². The molecule has 0 bridgehead atoms. The van der Waals surface area contributed by atoms with Crippen molar-refractivity contribution in [3.63, 3.8) is 0 Å². The fourth-order valence-corrected chi connectivity index (χ4v) is 1.66. The minimum Gasteiger partial charge on any atom is -0.506 e. The maximum Gasteiger partial charge on any atom is 0.255 e. The molecule has 0 aromatic heterocycles. The number of benzene rings is 2. The van der Waals surface area contributed by atoms with Crippen molar-refractivity contribution >= 4 is 23.7 Å². The third-order valence-electron chi connectivity index (χ3n) is 2.71. The van der Waals surface area contributed by atoms with E-state index in [0.717, 1.165) is 0 Å². The zero-order chi connectivity index (χ0) is 20.1. The van der Waals surface area contributed by atoms with Crippen LogP contribution in [0.4, 0.5) is 11.4 Å². The number of carbonyl (C=O) groups is 2. The number of nitrogens with one attached hydrogen (secondary N) is 2. The molecule has 2 aromatic carbocycles. The Bertz CT molecular complexity index is 745. The zero-order valence-corrected chi connectivity index (χ0v) is 15.0. The summed E-state index contributed by atoms with van der Waals surface area (Å²) in [6.45, 7) is 9.25. The molecule has 5 N–H and O–H groups in total. The molecule has 2 amide bonds. The Morgan fingerprint density at radius 3 is 2.12 bits per heavy atom. The van der Waals surface area contributed by atoms with Crippen LogP contribution in [-0.4, -0.2) is 27.6 Å². The van der Waals surface area contributed by atoms with Gasteiger partial charge in [0.2, 0.25) is 6.41 Å². The summed E-state index contributed by atoms with van der Waals surface area (Å²) in [6.07, 6.45) is 2.16. The average Bonchev–Trinajstić information content (AvgIpc) is 2.62. The summed E-state index contributed by atoms with van der Waals surface area (Å²) in [5.74, 6) is -1.42. The van der Waals surface area contributed by atoms with E-state index in [0.29, 0.717) is 6.41 Å². The molecular formula is C19H24N2O5. The standard InChI is InChI=1S/C14H12N2O5.C3H6.C2H6/c17-7-15-10-3-1-8(5-12(10)19)14(21)16-9-2-4-11(18)13(20)6-9;1-3-2;1-2/h1-7,18-20H,(H,15,17)(H,16,21);3H,1H2,2H3;1-2H3. The molecule has 0 saturated heterocycles. The molecule has 0 heterocycles. The smallest absolute Gasteiger partial charge is 0.255 e. The highest BCUT2D eigenvalue weighted by atomic mass is 16.3. The molecule has 0 saturated carbocycles. The van der Waals surface area contributed by atoms with Crippen molar-refractivity contribution in [3.8, 4) is 17.2 Å². The van der Waals surface area contributed by atoms with Gasteiger partial charge in [-0.25, -0.2) is 0 Å². The average molecular weight is 360 g/mol. The second-order valence-electron chi connectivity index (χ2n) is 4.56. The highest BCUT2D eigenvalue weighted by molar-refractivity contribution is 6.05. The lowest BCUT2D eigenvalue weighted by molar-refractivity contribution is -0.105. The monoisotopic (exact) mass is 360 g/mol. The number of hydrogen-bond acceptors (Lipinski definition) is 5. The van der Waals surface area contributed by atoms with Crippen LogP contribution in [0.2, 0.25) is 0 Å². The van der Waals surface area contributed by atoms with Gasteiger partial charge in [0.1, 0.15) is 5.75 Å². The Balaban J connectivity index is 0.00000113. The van der Waals surface area contributed by atoms with E-state index in [4.69, 9.17) is 0 Å². The minimum atomic E-state index is -0.520. The quantitative estimate of drug-likeness (QED) is 0.246. The van der Waals surface area contributed by atoms with Crippen LogP contribution < -0.4 is 10.6 Å². The van der Waals surface area contributed by atoms with Gasteiger partial charge in [-0.1, -0.05) is 19.9 Å². The normalized spacial score (nSPS) is 8.73. The molecule has 26 heavy (non-hydrogen) atoms. The molecule has 0 spiro atoms. The fraction of sp³-hybridized carbons (Fsp3) is 0.158. The minimum absolute atomic E-state index is 0.163. The van der Waals surface area contributed by atoms with Gasteiger partial charge in [0.25, 0.3) is 5.91 Å². The van der Waals surface area contributed by atoms with Crippen LogP contribution >= 0.6 is 0 Å². The summed E-state index contributed by atoms with van der Waals surface area (Å²) in [5, 5.41) is 32.9. The Morgan fingerprint density at radius 1 is 1.00 bits per heavy atom. The summed E-state index contributed by atoms with van der Waals surface area (Å²) in [7, 11) is 0. The summed E-state index contributed by atoms with van der Waals surface area (Å²) in [4.78, 5) is 22.3. The molecule has 0 aliphatic carbocycles. The Kier molecular flexibility index (Phi) is 10.4. The number of amides is 2. The number of anilines is 2. The Morgan fingerprint density at radius 2 is 1.62 bits per heavy atom. The highest BCUT2D eigenvalue weighted by Gasteiger charge is 2.10. The van der Waals surface area contributed by atoms with E-state index in [9.17, 15) is 24.9 Å². The lowest BCUT2D eigenvalue weighted by Gasteiger charge is -2.08. The summed E-state index contributed by atoms with van der Waals surface area (Å²) in [6, 6.07) is 7.83. The van der Waals surface area contributed by atoms with Gasteiger partial charge in [-0.05, 0) is 37.3 Å². The second kappa shape index (κ2) is 12.0. The van der Waals surface area contributed by atoms with E-state index in [1.165, 1.54) is 36.4 Å². The number of rotatable bonds is 4. The largest absolute Gasteiger partial charge is 0.506 e. The molecule has 0 fully saturated rings. The van der Waals surface area contributed by atoms with Gasteiger partial charge >= 0.3 is 0 Å². The summed E-state index contributed by atoms with van der Waals surface area (Å²) in [5.41, 5.74) is 0.630. The molecule has 0 atom stereocenters. The number of phenols is 3. The fourth-order valence-electron chi connectivity index (χ4n) is 1.66. The van der Waals surface area contributed by atoms with Gasteiger partial charge < -0.3 is 26.0 Å². The highest BCUT2D eigenvalue weighted by Crippen LogP contribution is 2.28. The molecule has 7 heteroatoms. The van der Waals surface area contributed by atoms with E-state index in [1.54, 1.807) is 6.08 Å². The van der Waals surface area contributed by atoms with Crippen LogP contribution in [0.25, 0.3) is 0 Å². The van der Waals surface area contributed by atoms with Gasteiger partial charge in [0.15, 0.2) is 11.5 Å². The molecular weight excluding hydrogens is 336 g/mol. The topological polar surface area (TPSA) is 119 Å². The lowest BCUT2D eigenvalue weighted by Crippen LogP contribution is -2.11. The van der Waals surface area contributed by atoms with Crippen LogP contribution in [-0.2, 0) is 4.79 Å². The molecule has 0 unspecified atom stereocenters. The number of allylic oxidation sites excluding steroid dienone is 1. The van der Waals surface area contributed by atoms with Crippen molar-refractivity contribution in [2.75, 3.05) is 10.6 Å². The first-order valence-electron chi connectivity index (χ1n) is 7.86. The second-order valence-corrected chi connectivity index (χ2v) is 4.56. The number of phenolic OH excluding ortho intramolecular Hbond substituents is 3. The third-order valence-corrected chi connectivity index (χ3v) is 2.71. The molecule has 0 aliphatic heterocycles. The first kappa shape index (κ1) is 22.5. The molecule has 0 aliphatic rings. The van der Waals surface area contributed by atoms with Gasteiger partial charge in [-0.3, -0.25) is 9.59 Å². The van der Waals surface area contributed by atoms with Crippen molar-refractivity contribution in [1.82, 2.24) is 0 Å². The van der Waals surface area contributed by atoms with Crippen molar-refractivity contribution < 1.29 is 24.9 Å². The Labute approximate surface area is 152 Å². The van der Waals surface area contributed by atoms with Crippen LogP contribution in [0.5, 0.6) is 17.2 Å². The number of aromatic hydroxyl groups is 3. The maximum atomic E-state index is 12.0. The predicted molar refractivity (Wildman–Crippen MR) is 103 cm³/mol. The molecule has 140 valence electrons. The van der Waals surface area contributed by atoms with Crippen LogP contribution in [0.15, 0.2) is 49.1 Å². The van der Waals surface area contributed by atoms with E-state index in [2.05, 4.69) is 17.2 Å². The number of hydrogen-bond donors (Lipinski definition) is 5. The van der Waals surface area contributed by atoms with Crippen LogP contribution in [0.3, 0.4) is 0 Å². The maximum absolute atomic E-state index is 12.0. The number of carbonyl (C=O) groups excluding carboxylic acids is 2. The third kappa shape index (κ3) is 6.96. The van der Waals surface area contributed by atoms with E-state index < -0.39 is 5.91 Å². The van der Waals surface area contributed by atoms with E-state index in [1.807, 2.05) is 20.8 Å². The van der Waals surface area contributed by atoms with Crippen molar-refractivity contribution in [3.05, 3.63) is 54.6 Å². The van der Waals surface area contributed by atoms with E-state index in [-0.39, 0.29) is 34.2 Å². The van der Waals surface area contributed by atoms with Crippen molar-refractivity contribution in [2.24, 2.45) is 0 Å². The Hall–Kier alpha value is -3.48. The zero-order valence-electron chi connectivity index (χ0n) is 15.0. The summed E-state index contributed by atoms with van der Waals surface area (Å²) < 4.78 is 0. The first-order chi connectivity index (χ1) is 12.4. The molecule has 2 aromatic rings. The molecule has 0 radical (unpaired) electrons. The lowest BCUT2D eigenvalue weighted by atomic mass is 10.1. The SMILES string of the molecule is C=CC.CC.O=CNc1ccc(C(=O)Nc2ccc(O)c(O)c2)cc1O. The molecule has 7 nitrogen and oxygen atoms in total. The first-order valence-corrected chi connectivity index (χ1v) is 7.86. The van der Waals surface area contributed by atoms with Gasteiger partial charge in [-0.15, -0.1) is 6.58 Å². The van der Waals surface area contributed by atoms with E-state index >= 15 is 0 Å². The molecule has 2 rings (SSSR count). The van der Waals surface area contributed by atoms with Crippen molar-refractivity contribution in [1.29, 1.82) is 0 Å². The predicted octanol–water partition coefficient (Wildman–Crippen LogP) is 3.84. The van der Waals surface area contributed by atoms with Crippen LogP contribution in [0.1, 0.15) is 31.1 Å². The summed E-state index contributed by atoms with van der Waals surface area (Å²) >= 11 is 0. The van der Waals surface area contributed by atoms with Crippen molar-refractivity contribution in [2.45, 2.75) is 20.8 Å². The van der Waals surface area contributed by atoms with Gasteiger partial charge in [0, 0.05) is 17.3 Å².